The third-order valence-corrected chi connectivity index (χ3v) is 2.52. The van der Waals surface area contributed by atoms with Crippen LogP contribution in [0.2, 0.25) is 0 Å². The molecule has 1 aromatic heterocycles. The van der Waals surface area contributed by atoms with Gasteiger partial charge in [-0.25, -0.2) is 9.37 Å². The molecule has 1 aromatic carbocycles. The fourth-order valence-corrected chi connectivity index (χ4v) is 1.59. The van der Waals surface area contributed by atoms with E-state index in [2.05, 4.69) is 15.6 Å². The summed E-state index contributed by atoms with van der Waals surface area (Å²) in [6.07, 6.45) is 1.83. The Morgan fingerprint density at radius 3 is 2.44 bits per heavy atom. The lowest BCUT2D eigenvalue weighted by molar-refractivity contribution is 0.628. The zero-order valence-corrected chi connectivity index (χ0v) is 10.3. The van der Waals surface area contributed by atoms with Gasteiger partial charge in [0.1, 0.15) is 11.6 Å². The van der Waals surface area contributed by atoms with Crippen LogP contribution in [-0.4, -0.2) is 11.5 Å². The van der Waals surface area contributed by atoms with Crippen molar-refractivity contribution in [1.29, 1.82) is 0 Å². The maximum atomic E-state index is 12.7. The lowest BCUT2D eigenvalue weighted by atomic mass is 10.2. The van der Waals surface area contributed by atoms with E-state index in [4.69, 9.17) is 0 Å². The van der Waals surface area contributed by atoms with Gasteiger partial charge in [0.05, 0.1) is 0 Å². The van der Waals surface area contributed by atoms with Gasteiger partial charge in [-0.2, -0.15) is 0 Å². The predicted molar refractivity (Wildman–Crippen MR) is 72.1 cm³/mol. The molecule has 94 valence electrons. The predicted octanol–water partition coefficient (Wildman–Crippen LogP) is 3.26. The second-order valence-corrected chi connectivity index (χ2v) is 3.94. The largest absolute Gasteiger partial charge is 0.381 e. The van der Waals surface area contributed by atoms with Crippen LogP contribution in [-0.2, 0) is 6.54 Å². The molecule has 0 aliphatic carbocycles. The van der Waals surface area contributed by atoms with Gasteiger partial charge in [0.15, 0.2) is 0 Å². The molecular weight excluding hydrogens is 229 g/mol. The molecule has 0 aliphatic heterocycles. The highest BCUT2D eigenvalue weighted by Gasteiger charge is 1.96. The minimum Gasteiger partial charge on any atom is -0.381 e. The van der Waals surface area contributed by atoms with Crippen molar-refractivity contribution in [3.05, 3.63) is 54.0 Å². The SMILES string of the molecule is CCNc1ccc(CNc2ccc(F)cc2)cn1. The van der Waals surface area contributed by atoms with Crippen LogP contribution in [0.4, 0.5) is 15.9 Å². The molecule has 0 radical (unpaired) electrons. The first-order valence-electron chi connectivity index (χ1n) is 5.96. The quantitative estimate of drug-likeness (QED) is 0.849. The maximum absolute atomic E-state index is 12.7. The van der Waals surface area contributed by atoms with Gasteiger partial charge >= 0.3 is 0 Å². The van der Waals surface area contributed by atoms with Crippen molar-refractivity contribution in [2.24, 2.45) is 0 Å². The molecule has 0 amide bonds. The van der Waals surface area contributed by atoms with Crippen LogP contribution in [0.5, 0.6) is 0 Å². The van der Waals surface area contributed by atoms with E-state index in [9.17, 15) is 4.39 Å². The second kappa shape index (κ2) is 6.00. The molecule has 3 nitrogen and oxygen atoms in total. The molecule has 2 aromatic rings. The number of halogens is 1. The average molecular weight is 245 g/mol. The molecule has 0 unspecified atom stereocenters. The van der Waals surface area contributed by atoms with E-state index in [0.29, 0.717) is 6.54 Å². The van der Waals surface area contributed by atoms with Crippen molar-refractivity contribution < 1.29 is 4.39 Å². The first-order valence-corrected chi connectivity index (χ1v) is 5.96. The molecule has 2 N–H and O–H groups in total. The second-order valence-electron chi connectivity index (χ2n) is 3.94. The van der Waals surface area contributed by atoms with Crippen molar-refractivity contribution in [2.45, 2.75) is 13.5 Å². The maximum Gasteiger partial charge on any atom is 0.125 e. The molecule has 4 heteroatoms. The Hall–Kier alpha value is -2.10. The molecule has 0 fully saturated rings. The fraction of sp³-hybridized carbons (Fsp3) is 0.214. The monoisotopic (exact) mass is 245 g/mol. The zero-order valence-electron chi connectivity index (χ0n) is 10.3. The van der Waals surface area contributed by atoms with E-state index >= 15 is 0 Å². The van der Waals surface area contributed by atoms with Crippen LogP contribution in [0, 0.1) is 5.82 Å². The van der Waals surface area contributed by atoms with Crippen LogP contribution >= 0.6 is 0 Å². The van der Waals surface area contributed by atoms with Crippen LogP contribution in [0.3, 0.4) is 0 Å². The van der Waals surface area contributed by atoms with Crippen LogP contribution in [0.25, 0.3) is 0 Å². The van der Waals surface area contributed by atoms with Crippen molar-refractivity contribution in [1.82, 2.24) is 4.98 Å². The van der Waals surface area contributed by atoms with Crippen molar-refractivity contribution in [3.8, 4) is 0 Å². The standard InChI is InChI=1S/C14H16FN3/c1-2-16-14-8-3-11(10-18-14)9-17-13-6-4-12(15)5-7-13/h3-8,10,17H,2,9H2,1H3,(H,16,18). The van der Waals surface area contributed by atoms with Gasteiger partial charge in [-0.3, -0.25) is 0 Å². The third-order valence-electron chi connectivity index (χ3n) is 2.52. The topological polar surface area (TPSA) is 37.0 Å². The summed E-state index contributed by atoms with van der Waals surface area (Å²) in [5.74, 6) is 0.653. The minimum absolute atomic E-state index is 0.225. The number of nitrogens with one attached hydrogen (secondary N) is 2. The molecule has 18 heavy (non-hydrogen) atoms. The van der Waals surface area contributed by atoms with E-state index in [1.165, 1.54) is 12.1 Å². The van der Waals surface area contributed by atoms with Crippen molar-refractivity contribution in [3.63, 3.8) is 0 Å². The number of hydrogen-bond donors (Lipinski definition) is 2. The van der Waals surface area contributed by atoms with E-state index in [1.807, 2.05) is 25.3 Å². The van der Waals surface area contributed by atoms with E-state index in [-0.39, 0.29) is 5.82 Å². The molecule has 0 saturated heterocycles. The molecule has 2 rings (SSSR count). The normalized spacial score (nSPS) is 10.1. The molecule has 0 aliphatic rings. The fourth-order valence-electron chi connectivity index (χ4n) is 1.59. The zero-order chi connectivity index (χ0) is 12.8. The molecule has 1 heterocycles. The van der Waals surface area contributed by atoms with Gasteiger partial charge < -0.3 is 10.6 Å². The van der Waals surface area contributed by atoms with Crippen molar-refractivity contribution in [2.75, 3.05) is 17.2 Å². The summed E-state index contributed by atoms with van der Waals surface area (Å²) in [7, 11) is 0. The average Bonchev–Trinajstić information content (AvgIpc) is 2.40. The Morgan fingerprint density at radius 1 is 1.06 bits per heavy atom. The number of rotatable bonds is 5. The molecule has 0 bridgehead atoms. The summed E-state index contributed by atoms with van der Waals surface area (Å²) in [5, 5.41) is 6.35. The molecule has 0 saturated carbocycles. The van der Waals surface area contributed by atoms with E-state index in [0.717, 1.165) is 23.6 Å². The van der Waals surface area contributed by atoms with Crippen LogP contribution < -0.4 is 10.6 Å². The van der Waals surface area contributed by atoms with Crippen LogP contribution in [0.15, 0.2) is 42.6 Å². The summed E-state index contributed by atoms with van der Waals surface area (Å²) in [5.41, 5.74) is 1.98. The highest BCUT2D eigenvalue weighted by Crippen LogP contribution is 2.11. The third kappa shape index (κ3) is 3.45. The Balaban J connectivity index is 1.91. The summed E-state index contributed by atoms with van der Waals surface area (Å²) >= 11 is 0. The highest BCUT2D eigenvalue weighted by molar-refractivity contribution is 5.44. The van der Waals surface area contributed by atoms with Crippen LogP contribution in [0.1, 0.15) is 12.5 Å². The summed E-state index contributed by atoms with van der Waals surface area (Å²) < 4.78 is 12.7. The number of pyridine rings is 1. The van der Waals surface area contributed by atoms with E-state index < -0.39 is 0 Å². The summed E-state index contributed by atoms with van der Waals surface area (Å²) in [6.45, 7) is 3.57. The first kappa shape index (κ1) is 12.4. The minimum atomic E-state index is -0.225. The summed E-state index contributed by atoms with van der Waals surface area (Å²) in [6, 6.07) is 10.3. The van der Waals surface area contributed by atoms with Gasteiger partial charge in [-0.05, 0) is 42.8 Å². The number of anilines is 2. The molecular formula is C14H16FN3. The number of hydrogen-bond acceptors (Lipinski definition) is 3. The van der Waals surface area contributed by atoms with Gasteiger partial charge in [0.2, 0.25) is 0 Å². The van der Waals surface area contributed by atoms with Gasteiger partial charge in [-0.15, -0.1) is 0 Å². The Kier molecular flexibility index (Phi) is 4.12. The molecule has 0 atom stereocenters. The van der Waals surface area contributed by atoms with E-state index in [1.54, 1.807) is 12.1 Å². The number of aromatic nitrogens is 1. The van der Waals surface area contributed by atoms with Gasteiger partial charge in [0.25, 0.3) is 0 Å². The smallest absolute Gasteiger partial charge is 0.125 e. The molecule has 0 spiro atoms. The highest BCUT2D eigenvalue weighted by atomic mass is 19.1. The Bertz CT molecular complexity index is 479. The number of nitrogens with zero attached hydrogens (tertiary/aromatic N) is 1. The lowest BCUT2D eigenvalue weighted by Crippen LogP contribution is -2.02. The summed E-state index contributed by atoms with van der Waals surface area (Å²) in [4.78, 5) is 4.28. The Labute approximate surface area is 106 Å². The lowest BCUT2D eigenvalue weighted by Gasteiger charge is -2.07. The first-order chi connectivity index (χ1) is 8.78. The Morgan fingerprint density at radius 2 is 1.83 bits per heavy atom. The van der Waals surface area contributed by atoms with Gasteiger partial charge in [0, 0.05) is 25.0 Å². The van der Waals surface area contributed by atoms with Crippen molar-refractivity contribution >= 4 is 11.5 Å². The number of benzene rings is 1. The van der Waals surface area contributed by atoms with Gasteiger partial charge in [-0.1, -0.05) is 6.07 Å².